The fraction of sp³-hybridized carbons (Fsp3) is 0.267. The summed E-state index contributed by atoms with van der Waals surface area (Å²) >= 11 is 0. The first-order valence-electron chi connectivity index (χ1n) is 7.00. The van der Waals surface area contributed by atoms with Gasteiger partial charge in [0.1, 0.15) is 0 Å². The topological polar surface area (TPSA) is 76.0 Å². The molecule has 1 aromatic carbocycles. The summed E-state index contributed by atoms with van der Waals surface area (Å²) in [6.07, 6.45) is -1.61. The quantitative estimate of drug-likeness (QED) is 0.897. The van der Waals surface area contributed by atoms with Crippen molar-refractivity contribution < 1.29 is 18.0 Å². The summed E-state index contributed by atoms with van der Waals surface area (Å²) in [5, 5.41) is 4.92. The number of nitrogens with zero attached hydrogens (tertiary/aromatic N) is 2. The van der Waals surface area contributed by atoms with Crippen LogP contribution in [0.15, 0.2) is 41.6 Å². The van der Waals surface area contributed by atoms with Crippen molar-refractivity contribution in [1.29, 1.82) is 0 Å². The molecule has 0 unspecified atom stereocenters. The summed E-state index contributed by atoms with van der Waals surface area (Å²) in [6.45, 7) is 2.03. The minimum absolute atomic E-state index is 0.164. The molecule has 6 nitrogen and oxygen atoms in total. The van der Waals surface area contributed by atoms with Gasteiger partial charge in [0.2, 0.25) is 0 Å². The van der Waals surface area contributed by atoms with Crippen LogP contribution in [0.3, 0.4) is 0 Å². The molecule has 128 valence electrons. The van der Waals surface area contributed by atoms with Gasteiger partial charge >= 0.3 is 12.2 Å². The zero-order valence-electron chi connectivity index (χ0n) is 12.7. The first-order chi connectivity index (χ1) is 11.3. The van der Waals surface area contributed by atoms with Crippen LogP contribution >= 0.6 is 0 Å². The molecule has 0 fully saturated rings. The lowest BCUT2D eigenvalue weighted by molar-refractivity contribution is -0.137. The van der Waals surface area contributed by atoms with Crippen molar-refractivity contribution in [2.75, 3.05) is 11.9 Å². The zero-order valence-corrected chi connectivity index (χ0v) is 12.7. The number of nitrogens with one attached hydrogen (secondary N) is 2. The molecule has 0 spiro atoms. The van der Waals surface area contributed by atoms with E-state index in [-0.39, 0.29) is 24.3 Å². The summed E-state index contributed by atoms with van der Waals surface area (Å²) < 4.78 is 38.7. The molecule has 0 aliphatic carbocycles. The molecule has 24 heavy (non-hydrogen) atoms. The number of anilines is 1. The number of hydrogen-bond acceptors (Lipinski definition) is 3. The van der Waals surface area contributed by atoms with Gasteiger partial charge in [-0.3, -0.25) is 9.36 Å². The van der Waals surface area contributed by atoms with Gasteiger partial charge in [0.05, 0.1) is 11.9 Å². The Labute approximate surface area is 135 Å². The number of aromatic nitrogens is 2. The Bertz CT molecular complexity index is 770. The molecule has 0 aliphatic rings. The molecule has 2 aromatic rings. The second-order valence-corrected chi connectivity index (χ2v) is 5.03. The van der Waals surface area contributed by atoms with Crippen molar-refractivity contribution in [2.45, 2.75) is 19.6 Å². The molecular weight excluding hydrogens is 325 g/mol. The number of benzene rings is 1. The Morgan fingerprint density at radius 2 is 1.92 bits per heavy atom. The second-order valence-electron chi connectivity index (χ2n) is 5.03. The van der Waals surface area contributed by atoms with E-state index in [9.17, 15) is 22.8 Å². The lowest BCUT2D eigenvalue weighted by atomic mass is 10.2. The maximum Gasteiger partial charge on any atom is 0.416 e. The average molecular weight is 340 g/mol. The molecule has 0 saturated carbocycles. The van der Waals surface area contributed by atoms with Gasteiger partial charge < -0.3 is 10.6 Å². The van der Waals surface area contributed by atoms with E-state index in [0.29, 0.717) is 5.56 Å². The van der Waals surface area contributed by atoms with Gasteiger partial charge in [0.25, 0.3) is 5.56 Å². The highest BCUT2D eigenvalue weighted by molar-refractivity contribution is 5.89. The van der Waals surface area contributed by atoms with Crippen molar-refractivity contribution in [3.8, 4) is 0 Å². The number of carbonyl (C=O) groups is 1. The molecule has 0 saturated heterocycles. The minimum Gasteiger partial charge on any atom is -0.336 e. The number of aryl methyl sites for hydroxylation is 1. The van der Waals surface area contributed by atoms with E-state index >= 15 is 0 Å². The monoisotopic (exact) mass is 340 g/mol. The first kappa shape index (κ1) is 17.5. The van der Waals surface area contributed by atoms with Crippen molar-refractivity contribution in [1.82, 2.24) is 14.9 Å². The van der Waals surface area contributed by atoms with Crippen LogP contribution in [-0.2, 0) is 12.7 Å². The smallest absolute Gasteiger partial charge is 0.336 e. The maximum absolute atomic E-state index is 12.4. The predicted octanol–water partition coefficient (Wildman–Crippen LogP) is 2.39. The van der Waals surface area contributed by atoms with Crippen LogP contribution in [0, 0.1) is 6.92 Å². The van der Waals surface area contributed by atoms with Gasteiger partial charge in [-0.15, -0.1) is 0 Å². The highest BCUT2D eigenvalue weighted by Gasteiger charge is 2.29. The third kappa shape index (κ3) is 4.58. The molecule has 2 amide bonds. The summed E-state index contributed by atoms with van der Waals surface area (Å²) in [4.78, 5) is 27.3. The number of hydrogen-bond donors (Lipinski definition) is 2. The maximum atomic E-state index is 12.4. The van der Waals surface area contributed by atoms with Gasteiger partial charge in [0, 0.05) is 30.5 Å². The highest BCUT2D eigenvalue weighted by Crippen LogP contribution is 2.29. The Balaban J connectivity index is 1.85. The van der Waals surface area contributed by atoms with Gasteiger partial charge in [-0.2, -0.15) is 13.2 Å². The molecule has 9 heteroatoms. The van der Waals surface area contributed by atoms with Crippen LogP contribution in [0.1, 0.15) is 11.1 Å². The first-order valence-corrected chi connectivity index (χ1v) is 7.00. The molecule has 0 aliphatic heterocycles. The largest absolute Gasteiger partial charge is 0.416 e. The fourth-order valence-corrected chi connectivity index (χ4v) is 1.93. The number of rotatable bonds is 4. The van der Waals surface area contributed by atoms with E-state index in [0.717, 1.165) is 24.3 Å². The number of urea groups is 1. The molecule has 2 N–H and O–H groups in total. The average Bonchev–Trinajstić information content (AvgIpc) is 2.51. The third-order valence-electron chi connectivity index (χ3n) is 3.18. The molecule has 2 rings (SSSR count). The summed E-state index contributed by atoms with van der Waals surface area (Å²) in [6, 6.07) is 3.51. The highest BCUT2D eigenvalue weighted by atomic mass is 19.4. The van der Waals surface area contributed by atoms with E-state index in [1.54, 1.807) is 6.92 Å². The zero-order chi connectivity index (χ0) is 17.7. The molecule has 1 heterocycles. The van der Waals surface area contributed by atoms with E-state index in [4.69, 9.17) is 0 Å². The Morgan fingerprint density at radius 1 is 1.25 bits per heavy atom. The molecule has 0 radical (unpaired) electrons. The molecule has 0 atom stereocenters. The summed E-state index contributed by atoms with van der Waals surface area (Å²) in [5.41, 5.74) is -0.267. The predicted molar refractivity (Wildman–Crippen MR) is 81.7 cm³/mol. The second kappa shape index (κ2) is 7.16. The van der Waals surface area contributed by atoms with Gasteiger partial charge in [-0.25, -0.2) is 9.78 Å². The normalized spacial score (nSPS) is 11.2. The molecule has 0 bridgehead atoms. The van der Waals surface area contributed by atoms with Crippen molar-refractivity contribution in [3.63, 3.8) is 0 Å². The van der Waals surface area contributed by atoms with Crippen molar-refractivity contribution in [2.24, 2.45) is 0 Å². The number of halogens is 3. The third-order valence-corrected chi connectivity index (χ3v) is 3.18. The summed E-state index contributed by atoms with van der Waals surface area (Å²) in [7, 11) is 0. The van der Waals surface area contributed by atoms with E-state index in [2.05, 4.69) is 15.6 Å². The molecular formula is C15H15F3N4O2. The lowest BCUT2D eigenvalue weighted by Crippen LogP contribution is -2.34. The summed E-state index contributed by atoms with van der Waals surface area (Å²) in [5.74, 6) is 0. The van der Waals surface area contributed by atoms with E-state index in [1.165, 1.54) is 17.1 Å². The number of alkyl halides is 3. The van der Waals surface area contributed by atoms with Crippen LogP contribution in [0.4, 0.5) is 23.7 Å². The minimum atomic E-state index is -4.42. The van der Waals surface area contributed by atoms with Crippen molar-refractivity contribution in [3.05, 3.63) is 58.3 Å². The van der Waals surface area contributed by atoms with Crippen molar-refractivity contribution >= 4 is 11.7 Å². The van der Waals surface area contributed by atoms with E-state index in [1.807, 2.05) is 0 Å². The lowest BCUT2D eigenvalue weighted by Gasteiger charge is -2.10. The van der Waals surface area contributed by atoms with Crippen LogP contribution < -0.4 is 16.2 Å². The van der Waals surface area contributed by atoms with Crippen LogP contribution in [0.2, 0.25) is 0 Å². The van der Waals surface area contributed by atoms with Crippen LogP contribution in [0.5, 0.6) is 0 Å². The van der Waals surface area contributed by atoms with Crippen LogP contribution in [0.25, 0.3) is 0 Å². The van der Waals surface area contributed by atoms with Crippen LogP contribution in [-0.4, -0.2) is 22.1 Å². The van der Waals surface area contributed by atoms with Gasteiger partial charge in [-0.05, 0) is 31.2 Å². The van der Waals surface area contributed by atoms with Gasteiger partial charge in [-0.1, -0.05) is 0 Å². The Hall–Kier alpha value is -2.84. The number of carbonyl (C=O) groups excluding carboxylic acids is 1. The Kier molecular flexibility index (Phi) is 5.22. The molecule has 1 aromatic heterocycles. The SMILES string of the molecule is Cc1cncn(CCNC(=O)Nc2ccc(C(F)(F)F)cc2)c1=O. The fourth-order valence-electron chi connectivity index (χ4n) is 1.93. The van der Waals surface area contributed by atoms with E-state index < -0.39 is 17.8 Å². The van der Waals surface area contributed by atoms with Gasteiger partial charge in [0.15, 0.2) is 0 Å². The Morgan fingerprint density at radius 3 is 2.54 bits per heavy atom. The standard InChI is InChI=1S/C15H15F3N4O2/c1-10-8-19-9-22(13(10)23)7-6-20-14(24)21-12-4-2-11(3-5-12)15(16,17)18/h2-5,8-9H,6-7H2,1H3,(H2,20,21,24). The number of amides is 2.